The number of nitriles is 1. The molecule has 0 amide bonds. The molecule has 0 saturated carbocycles. The van der Waals surface area contributed by atoms with E-state index < -0.39 is 0 Å². The molecule has 0 bridgehead atoms. The highest BCUT2D eigenvalue weighted by molar-refractivity contribution is 5.84. The molecule has 1 aromatic carbocycles. The van der Waals surface area contributed by atoms with E-state index in [1.54, 1.807) is 0 Å². The Morgan fingerprint density at radius 3 is 2.95 bits per heavy atom. The maximum absolute atomic E-state index is 8.53. The molecule has 0 N–H and O–H groups in total. The quantitative estimate of drug-likeness (QED) is 0.683. The molecule has 0 saturated heterocycles. The molecule has 2 heterocycles. The summed E-state index contributed by atoms with van der Waals surface area (Å²) in [5.41, 5.74) is 2.76. The molecule has 5 heteroatoms. The lowest BCUT2D eigenvalue weighted by Crippen LogP contribution is -1.91. The van der Waals surface area contributed by atoms with Gasteiger partial charge < -0.3 is 4.52 Å². The van der Waals surface area contributed by atoms with E-state index in [9.17, 15) is 0 Å². The van der Waals surface area contributed by atoms with Crippen LogP contribution in [0, 0.1) is 18.3 Å². The van der Waals surface area contributed by atoms with Crippen molar-refractivity contribution in [2.45, 2.75) is 26.2 Å². The lowest BCUT2D eigenvalue weighted by Gasteiger charge is -2.03. The van der Waals surface area contributed by atoms with E-state index in [0.717, 1.165) is 22.9 Å². The van der Waals surface area contributed by atoms with Gasteiger partial charge in [-0.2, -0.15) is 10.2 Å². The number of para-hydroxylation sites is 1. The second kappa shape index (κ2) is 5.71. The lowest BCUT2D eigenvalue weighted by atomic mass is 10.1. The van der Waals surface area contributed by atoms with Crippen LogP contribution in [0.2, 0.25) is 0 Å². The lowest BCUT2D eigenvalue weighted by molar-refractivity contribution is 0.376. The van der Waals surface area contributed by atoms with Gasteiger partial charge in [-0.1, -0.05) is 23.4 Å². The van der Waals surface area contributed by atoms with Gasteiger partial charge in [-0.05, 0) is 31.0 Å². The van der Waals surface area contributed by atoms with Gasteiger partial charge >= 0.3 is 0 Å². The number of aryl methyl sites for hydroxylation is 2. The molecule has 0 atom stereocenters. The number of hydrogen-bond donors (Lipinski definition) is 0. The molecule has 0 radical (unpaired) electrons. The van der Waals surface area contributed by atoms with Crippen molar-refractivity contribution in [3.63, 3.8) is 0 Å². The van der Waals surface area contributed by atoms with Crippen molar-refractivity contribution in [1.82, 2.24) is 15.1 Å². The summed E-state index contributed by atoms with van der Waals surface area (Å²) in [6, 6.07) is 12.0. The van der Waals surface area contributed by atoms with Crippen molar-refractivity contribution < 1.29 is 4.52 Å². The Kier molecular flexibility index (Phi) is 3.61. The second-order valence-electron chi connectivity index (χ2n) is 4.86. The van der Waals surface area contributed by atoms with Gasteiger partial charge in [0, 0.05) is 18.2 Å². The Morgan fingerprint density at radius 1 is 1.24 bits per heavy atom. The smallest absolute Gasteiger partial charge is 0.227 e. The second-order valence-corrected chi connectivity index (χ2v) is 4.86. The highest BCUT2D eigenvalue weighted by atomic mass is 16.5. The maximum Gasteiger partial charge on any atom is 0.227 e. The molecule has 0 aliphatic carbocycles. The van der Waals surface area contributed by atoms with Crippen LogP contribution >= 0.6 is 0 Å². The molecule has 104 valence electrons. The van der Waals surface area contributed by atoms with Crippen molar-refractivity contribution in [3.8, 4) is 17.6 Å². The van der Waals surface area contributed by atoms with Crippen molar-refractivity contribution in [3.05, 3.63) is 41.8 Å². The third-order valence-corrected chi connectivity index (χ3v) is 3.30. The molecule has 5 nitrogen and oxygen atoms in total. The van der Waals surface area contributed by atoms with Crippen molar-refractivity contribution in [1.29, 1.82) is 5.26 Å². The average molecular weight is 278 g/mol. The Hall–Kier alpha value is -2.74. The van der Waals surface area contributed by atoms with Crippen molar-refractivity contribution in [2.75, 3.05) is 0 Å². The van der Waals surface area contributed by atoms with Crippen molar-refractivity contribution >= 4 is 10.9 Å². The van der Waals surface area contributed by atoms with Gasteiger partial charge in [0.15, 0.2) is 0 Å². The van der Waals surface area contributed by atoms with Gasteiger partial charge in [-0.25, -0.2) is 4.98 Å². The Bertz CT molecular complexity index is 817. The van der Waals surface area contributed by atoms with Gasteiger partial charge in [0.05, 0.1) is 11.6 Å². The number of aromatic nitrogens is 3. The number of pyridine rings is 1. The minimum Gasteiger partial charge on any atom is -0.339 e. The van der Waals surface area contributed by atoms with E-state index in [-0.39, 0.29) is 0 Å². The number of rotatable bonds is 4. The van der Waals surface area contributed by atoms with Gasteiger partial charge in [-0.3, -0.25) is 0 Å². The average Bonchev–Trinajstić information content (AvgIpc) is 2.96. The summed E-state index contributed by atoms with van der Waals surface area (Å²) in [7, 11) is 0. The first-order valence-corrected chi connectivity index (χ1v) is 6.84. The molecule has 0 aliphatic heterocycles. The summed E-state index contributed by atoms with van der Waals surface area (Å²) < 4.78 is 5.21. The highest BCUT2D eigenvalue weighted by Crippen LogP contribution is 2.22. The van der Waals surface area contributed by atoms with Crippen LogP contribution in [0.25, 0.3) is 22.4 Å². The minimum atomic E-state index is 0.491. The molecule has 0 unspecified atom stereocenters. The van der Waals surface area contributed by atoms with Crippen molar-refractivity contribution in [2.24, 2.45) is 0 Å². The van der Waals surface area contributed by atoms with Gasteiger partial charge in [0.25, 0.3) is 0 Å². The summed E-state index contributed by atoms with van der Waals surface area (Å²) in [6.45, 7) is 2.04. The SMILES string of the molecule is Cc1cc(-c2noc(CCCC#N)n2)nc2ccccc12. The predicted molar refractivity (Wildman–Crippen MR) is 78.3 cm³/mol. The largest absolute Gasteiger partial charge is 0.339 e. The highest BCUT2D eigenvalue weighted by Gasteiger charge is 2.11. The maximum atomic E-state index is 8.53. The number of unbranched alkanes of at least 4 members (excludes halogenated alkanes) is 1. The molecular formula is C16H14N4O. The number of hydrogen-bond acceptors (Lipinski definition) is 5. The van der Waals surface area contributed by atoms with Gasteiger partial charge in [0.1, 0.15) is 5.69 Å². The molecular weight excluding hydrogens is 264 g/mol. The van der Waals surface area contributed by atoms with E-state index in [1.807, 2.05) is 37.3 Å². The van der Waals surface area contributed by atoms with Crippen LogP contribution in [-0.4, -0.2) is 15.1 Å². The standard InChI is InChI=1S/C16H14N4O/c1-11-10-14(18-13-7-3-2-6-12(11)13)16-19-15(21-20-16)8-4-5-9-17/h2-3,6-7,10H,4-5,8H2,1H3. The molecule has 0 fully saturated rings. The van der Waals surface area contributed by atoms with Crippen LogP contribution in [0.4, 0.5) is 0 Å². The fourth-order valence-electron chi connectivity index (χ4n) is 2.24. The third-order valence-electron chi connectivity index (χ3n) is 3.30. The normalized spacial score (nSPS) is 10.7. The van der Waals surface area contributed by atoms with E-state index >= 15 is 0 Å². The van der Waals surface area contributed by atoms with E-state index in [0.29, 0.717) is 30.3 Å². The number of benzene rings is 1. The number of nitrogens with zero attached hydrogens (tertiary/aromatic N) is 4. The number of fused-ring (bicyclic) bond motifs is 1. The molecule has 21 heavy (non-hydrogen) atoms. The Balaban J connectivity index is 1.92. The first kappa shape index (κ1) is 13.3. The summed E-state index contributed by atoms with van der Waals surface area (Å²) in [6.07, 6.45) is 1.83. The van der Waals surface area contributed by atoms with Gasteiger partial charge in [0.2, 0.25) is 11.7 Å². The fourth-order valence-corrected chi connectivity index (χ4v) is 2.24. The van der Waals surface area contributed by atoms with Crippen LogP contribution in [0.1, 0.15) is 24.3 Å². The minimum absolute atomic E-state index is 0.491. The summed E-state index contributed by atoms with van der Waals surface area (Å²) in [4.78, 5) is 8.93. The summed E-state index contributed by atoms with van der Waals surface area (Å²) in [5.74, 6) is 1.05. The molecule has 2 aromatic heterocycles. The van der Waals surface area contributed by atoms with Crippen LogP contribution in [0.5, 0.6) is 0 Å². The summed E-state index contributed by atoms with van der Waals surface area (Å²) >= 11 is 0. The third kappa shape index (κ3) is 2.75. The fraction of sp³-hybridized carbons (Fsp3) is 0.250. The monoisotopic (exact) mass is 278 g/mol. The molecule has 3 rings (SSSR count). The molecule has 0 aliphatic rings. The first-order chi connectivity index (χ1) is 10.3. The Labute approximate surface area is 122 Å². The zero-order valence-corrected chi connectivity index (χ0v) is 11.7. The Morgan fingerprint density at radius 2 is 2.10 bits per heavy atom. The van der Waals surface area contributed by atoms with Crippen LogP contribution in [0.3, 0.4) is 0 Å². The topological polar surface area (TPSA) is 75.6 Å². The zero-order chi connectivity index (χ0) is 14.7. The van der Waals surface area contributed by atoms with E-state index in [4.69, 9.17) is 9.78 Å². The molecule has 3 aromatic rings. The zero-order valence-electron chi connectivity index (χ0n) is 11.7. The van der Waals surface area contributed by atoms with Gasteiger partial charge in [-0.15, -0.1) is 0 Å². The van der Waals surface area contributed by atoms with Crippen LogP contribution in [0.15, 0.2) is 34.9 Å². The first-order valence-electron chi connectivity index (χ1n) is 6.84. The summed E-state index contributed by atoms with van der Waals surface area (Å²) in [5, 5.41) is 13.6. The van der Waals surface area contributed by atoms with Crippen LogP contribution < -0.4 is 0 Å². The van der Waals surface area contributed by atoms with E-state index in [1.165, 1.54) is 0 Å². The predicted octanol–water partition coefficient (Wildman–Crippen LogP) is 3.44. The van der Waals surface area contributed by atoms with Crippen LogP contribution in [-0.2, 0) is 6.42 Å². The van der Waals surface area contributed by atoms with E-state index in [2.05, 4.69) is 21.2 Å². The molecule has 0 spiro atoms.